The number of ether oxygens (including phenoxy) is 1. The summed E-state index contributed by atoms with van der Waals surface area (Å²) in [4.78, 5) is 17.8. The number of aromatic nitrogens is 7. The lowest BCUT2D eigenvalue weighted by atomic mass is 10.2. The molecule has 0 fully saturated rings. The number of benzene rings is 2. The Labute approximate surface area is 187 Å². The molecule has 33 heavy (non-hydrogen) atoms. The highest BCUT2D eigenvalue weighted by molar-refractivity contribution is 5.89. The van der Waals surface area contributed by atoms with Gasteiger partial charge in [-0.3, -0.25) is 4.57 Å². The van der Waals surface area contributed by atoms with Crippen molar-refractivity contribution in [3.8, 4) is 34.5 Å². The van der Waals surface area contributed by atoms with Gasteiger partial charge in [0.05, 0.1) is 24.0 Å². The molecule has 2 aromatic carbocycles. The van der Waals surface area contributed by atoms with Crippen LogP contribution in [-0.2, 0) is 0 Å². The quantitative estimate of drug-likeness (QED) is 0.408. The Morgan fingerprint density at radius 3 is 2.45 bits per heavy atom. The minimum absolute atomic E-state index is 0.316. The number of fused-ring (bicyclic) bond motifs is 2. The molecule has 0 unspecified atom stereocenters. The molecule has 0 saturated carbocycles. The van der Waals surface area contributed by atoms with Crippen LogP contribution in [0.3, 0.4) is 0 Å². The molecule has 4 heterocycles. The summed E-state index contributed by atoms with van der Waals surface area (Å²) in [5, 5.41) is 5.63. The van der Waals surface area contributed by atoms with Crippen molar-refractivity contribution in [1.82, 2.24) is 34.1 Å². The van der Waals surface area contributed by atoms with Crippen LogP contribution in [0.5, 0.6) is 5.75 Å². The van der Waals surface area contributed by atoms with E-state index < -0.39 is 0 Å². The van der Waals surface area contributed by atoms with Gasteiger partial charge in [-0.25, -0.2) is 19.3 Å². The summed E-state index contributed by atoms with van der Waals surface area (Å²) in [6, 6.07) is 17.5. The fourth-order valence-electron chi connectivity index (χ4n) is 3.84. The SMILES string of the molecule is COc1ccc2c(c1)cc(-c1ccnc3nc(-c4ccc(F)cc4)nn13)n2-c1ncccn1. The Kier molecular flexibility index (Phi) is 4.32. The Morgan fingerprint density at radius 2 is 1.67 bits per heavy atom. The van der Waals surface area contributed by atoms with Crippen molar-refractivity contribution < 1.29 is 9.13 Å². The summed E-state index contributed by atoms with van der Waals surface area (Å²) < 4.78 is 22.4. The van der Waals surface area contributed by atoms with Gasteiger partial charge >= 0.3 is 0 Å². The van der Waals surface area contributed by atoms with Crippen molar-refractivity contribution in [1.29, 1.82) is 0 Å². The van der Waals surface area contributed by atoms with E-state index >= 15 is 0 Å². The van der Waals surface area contributed by atoms with Gasteiger partial charge in [-0.2, -0.15) is 9.50 Å². The first kappa shape index (κ1) is 19.1. The zero-order chi connectivity index (χ0) is 22.4. The van der Waals surface area contributed by atoms with Gasteiger partial charge in [0.2, 0.25) is 5.95 Å². The minimum Gasteiger partial charge on any atom is -0.497 e. The molecule has 0 saturated heterocycles. The van der Waals surface area contributed by atoms with Crippen LogP contribution in [0.15, 0.2) is 79.3 Å². The second kappa shape index (κ2) is 7.49. The molecule has 6 rings (SSSR count). The third kappa shape index (κ3) is 3.18. The number of hydrogen-bond donors (Lipinski definition) is 0. The topological polar surface area (TPSA) is 83.0 Å². The highest BCUT2D eigenvalue weighted by Gasteiger charge is 2.19. The molecular weight excluding hydrogens is 421 g/mol. The monoisotopic (exact) mass is 437 g/mol. The van der Waals surface area contributed by atoms with Crippen LogP contribution >= 0.6 is 0 Å². The van der Waals surface area contributed by atoms with Crippen LogP contribution in [0.4, 0.5) is 4.39 Å². The lowest BCUT2D eigenvalue weighted by Gasteiger charge is -2.10. The van der Waals surface area contributed by atoms with E-state index in [0.717, 1.165) is 28.0 Å². The van der Waals surface area contributed by atoms with Crippen molar-refractivity contribution in [2.24, 2.45) is 0 Å². The number of nitrogens with zero attached hydrogens (tertiary/aromatic N) is 7. The van der Waals surface area contributed by atoms with Gasteiger partial charge in [-0.05, 0) is 60.7 Å². The van der Waals surface area contributed by atoms with E-state index in [9.17, 15) is 4.39 Å². The first-order chi connectivity index (χ1) is 16.2. The summed E-state index contributed by atoms with van der Waals surface area (Å²) in [6.07, 6.45) is 5.08. The summed E-state index contributed by atoms with van der Waals surface area (Å²) in [6.45, 7) is 0. The van der Waals surface area contributed by atoms with E-state index in [4.69, 9.17) is 4.74 Å². The lowest BCUT2D eigenvalue weighted by Crippen LogP contribution is -2.05. The molecule has 4 aromatic heterocycles. The van der Waals surface area contributed by atoms with E-state index in [-0.39, 0.29) is 5.82 Å². The van der Waals surface area contributed by atoms with Gasteiger partial charge in [0.1, 0.15) is 11.6 Å². The second-order valence-electron chi connectivity index (χ2n) is 7.32. The Morgan fingerprint density at radius 1 is 0.848 bits per heavy atom. The maximum atomic E-state index is 13.4. The van der Waals surface area contributed by atoms with Gasteiger partial charge in [0.25, 0.3) is 5.78 Å². The van der Waals surface area contributed by atoms with Crippen LogP contribution in [0.25, 0.3) is 45.4 Å². The molecule has 0 amide bonds. The van der Waals surface area contributed by atoms with Crippen molar-refractivity contribution in [2.45, 2.75) is 0 Å². The molecule has 0 atom stereocenters. The smallest absolute Gasteiger partial charge is 0.253 e. The summed E-state index contributed by atoms with van der Waals surface area (Å²) in [5.41, 5.74) is 3.18. The molecular formula is C24H16FN7O. The van der Waals surface area contributed by atoms with E-state index in [1.54, 1.807) is 48.4 Å². The van der Waals surface area contributed by atoms with Crippen molar-refractivity contribution in [3.05, 3.63) is 85.1 Å². The second-order valence-corrected chi connectivity index (χ2v) is 7.32. The third-order valence-electron chi connectivity index (χ3n) is 5.37. The predicted molar refractivity (Wildman–Crippen MR) is 121 cm³/mol. The number of halogens is 1. The summed E-state index contributed by atoms with van der Waals surface area (Å²) >= 11 is 0. The Hall–Kier alpha value is -4.66. The van der Waals surface area contributed by atoms with Gasteiger partial charge in [-0.15, -0.1) is 5.10 Å². The maximum Gasteiger partial charge on any atom is 0.253 e. The molecule has 160 valence electrons. The van der Waals surface area contributed by atoms with Crippen molar-refractivity contribution in [3.63, 3.8) is 0 Å². The zero-order valence-electron chi connectivity index (χ0n) is 17.4. The number of methoxy groups -OCH3 is 1. The molecule has 0 aliphatic carbocycles. The number of hydrogen-bond acceptors (Lipinski definition) is 6. The molecule has 0 bridgehead atoms. The lowest BCUT2D eigenvalue weighted by molar-refractivity contribution is 0.415. The van der Waals surface area contributed by atoms with E-state index in [1.165, 1.54) is 12.1 Å². The highest BCUT2D eigenvalue weighted by atomic mass is 19.1. The van der Waals surface area contributed by atoms with Crippen LogP contribution < -0.4 is 4.74 Å². The maximum absolute atomic E-state index is 13.4. The van der Waals surface area contributed by atoms with E-state index in [1.807, 2.05) is 34.9 Å². The first-order valence-corrected chi connectivity index (χ1v) is 10.2. The normalized spacial score (nSPS) is 11.3. The average Bonchev–Trinajstić information content (AvgIpc) is 3.46. The Bertz CT molecular complexity index is 1610. The molecule has 0 radical (unpaired) electrons. The fraction of sp³-hybridized carbons (Fsp3) is 0.0417. The molecule has 9 heteroatoms. The van der Waals surface area contributed by atoms with E-state index in [0.29, 0.717) is 23.1 Å². The fourth-order valence-corrected chi connectivity index (χ4v) is 3.84. The van der Waals surface area contributed by atoms with E-state index in [2.05, 4.69) is 25.0 Å². The average molecular weight is 437 g/mol. The van der Waals surface area contributed by atoms with Crippen molar-refractivity contribution >= 4 is 16.7 Å². The molecule has 8 nitrogen and oxygen atoms in total. The predicted octanol–water partition coefficient (Wildman–Crippen LogP) is 4.34. The van der Waals surface area contributed by atoms with Gasteiger partial charge in [-0.1, -0.05) is 0 Å². The van der Waals surface area contributed by atoms with Gasteiger partial charge < -0.3 is 4.74 Å². The Balaban J connectivity index is 1.61. The van der Waals surface area contributed by atoms with Crippen molar-refractivity contribution in [2.75, 3.05) is 7.11 Å². The molecule has 0 spiro atoms. The zero-order valence-corrected chi connectivity index (χ0v) is 17.4. The number of rotatable bonds is 4. The van der Waals surface area contributed by atoms with Crippen LogP contribution in [0.1, 0.15) is 0 Å². The standard InChI is InChI=1S/C24H16FN7O/c1-33-18-7-8-19-16(13-18)14-21(31(19)23-26-10-2-11-27-23)20-9-12-28-24-29-22(30-32(20)24)15-3-5-17(25)6-4-15/h2-14H,1H3. The highest BCUT2D eigenvalue weighted by Crippen LogP contribution is 2.32. The van der Waals surface area contributed by atoms with Crippen LogP contribution in [0, 0.1) is 5.82 Å². The molecule has 6 aromatic rings. The van der Waals surface area contributed by atoms with Gasteiger partial charge in [0, 0.05) is 29.5 Å². The minimum atomic E-state index is -0.316. The summed E-state index contributed by atoms with van der Waals surface area (Å²) in [5.74, 6) is 1.84. The van der Waals surface area contributed by atoms with Crippen LogP contribution in [0.2, 0.25) is 0 Å². The summed E-state index contributed by atoms with van der Waals surface area (Å²) in [7, 11) is 1.64. The third-order valence-corrected chi connectivity index (χ3v) is 5.37. The van der Waals surface area contributed by atoms with Crippen LogP contribution in [-0.4, -0.2) is 41.2 Å². The molecule has 0 aliphatic heterocycles. The molecule has 0 aliphatic rings. The largest absolute Gasteiger partial charge is 0.497 e. The van der Waals surface area contributed by atoms with Gasteiger partial charge in [0.15, 0.2) is 5.82 Å². The molecule has 0 N–H and O–H groups in total. The first-order valence-electron chi connectivity index (χ1n) is 10.2.